The molecule has 0 saturated carbocycles. The predicted octanol–water partition coefficient (Wildman–Crippen LogP) is 3.16. The van der Waals surface area contributed by atoms with E-state index in [0.717, 1.165) is 0 Å². The van der Waals surface area contributed by atoms with Crippen LogP contribution in [0.25, 0.3) is 0 Å². The zero-order chi connectivity index (χ0) is 19.1. The Hall–Kier alpha value is -3.00. The molecule has 0 spiro atoms. The highest BCUT2D eigenvalue weighted by molar-refractivity contribution is 5.92. The van der Waals surface area contributed by atoms with Crippen LogP contribution in [0.4, 0.5) is 20.6 Å². The molecule has 7 nitrogen and oxygen atoms in total. The minimum absolute atomic E-state index is 0.115. The van der Waals surface area contributed by atoms with Crippen LogP contribution in [0.15, 0.2) is 54.9 Å². The maximum absolute atomic E-state index is 13.3. The van der Waals surface area contributed by atoms with E-state index >= 15 is 0 Å². The van der Waals surface area contributed by atoms with Gasteiger partial charge >= 0.3 is 6.03 Å². The summed E-state index contributed by atoms with van der Waals surface area (Å²) in [6.07, 6.45) is 5.79. The molecule has 2 rings (SSSR count). The van der Waals surface area contributed by atoms with Crippen LogP contribution in [0, 0.1) is 16.0 Å². The van der Waals surface area contributed by atoms with Crippen LogP contribution in [-0.2, 0) is 6.42 Å². The highest BCUT2D eigenvalue weighted by Crippen LogP contribution is 2.27. The Morgan fingerprint density at radius 3 is 2.85 bits per heavy atom. The third-order valence-corrected chi connectivity index (χ3v) is 3.98. The molecule has 1 aliphatic rings. The molecule has 1 aromatic rings. The Labute approximate surface area is 150 Å². The van der Waals surface area contributed by atoms with Gasteiger partial charge in [0.2, 0.25) is 0 Å². The fourth-order valence-corrected chi connectivity index (χ4v) is 2.52. The lowest BCUT2D eigenvalue weighted by atomic mass is 10.0. The van der Waals surface area contributed by atoms with Crippen LogP contribution in [-0.4, -0.2) is 35.5 Å². The number of anilines is 1. The molecule has 138 valence electrons. The molecule has 0 aromatic heterocycles. The van der Waals surface area contributed by atoms with Crippen LogP contribution < -0.4 is 11.1 Å². The monoisotopic (exact) mass is 360 g/mol. The second-order valence-electron chi connectivity index (χ2n) is 5.94. The summed E-state index contributed by atoms with van der Waals surface area (Å²) in [4.78, 5) is 24.4. The zero-order valence-electron chi connectivity index (χ0n) is 14.2. The van der Waals surface area contributed by atoms with Crippen LogP contribution in [0.1, 0.15) is 5.56 Å². The van der Waals surface area contributed by atoms with Crippen molar-refractivity contribution in [3.63, 3.8) is 0 Å². The molecule has 0 unspecified atom stereocenters. The van der Waals surface area contributed by atoms with E-state index in [2.05, 4.69) is 11.9 Å². The first kappa shape index (κ1) is 19.3. The lowest BCUT2D eigenvalue weighted by Crippen LogP contribution is -2.54. The van der Waals surface area contributed by atoms with E-state index in [4.69, 9.17) is 5.73 Å². The van der Waals surface area contributed by atoms with Gasteiger partial charge in [-0.1, -0.05) is 24.8 Å². The lowest BCUT2D eigenvalue weighted by Gasteiger charge is -2.38. The SMILES string of the molecule is C=C/C=C(F)\C=C/Cc1ccc([N+](=O)[O-])c(NC(=O)N2CC(CN)C2)c1. The molecule has 1 fully saturated rings. The fraction of sp³-hybridized carbons (Fsp3) is 0.278. The van der Waals surface area contributed by atoms with E-state index in [1.165, 1.54) is 30.4 Å². The molecule has 26 heavy (non-hydrogen) atoms. The predicted molar refractivity (Wildman–Crippen MR) is 98.5 cm³/mol. The zero-order valence-corrected chi connectivity index (χ0v) is 14.2. The Kier molecular flexibility index (Phi) is 6.62. The third-order valence-electron chi connectivity index (χ3n) is 3.98. The summed E-state index contributed by atoms with van der Waals surface area (Å²) < 4.78 is 13.3. The van der Waals surface area contributed by atoms with Gasteiger partial charge in [-0.25, -0.2) is 9.18 Å². The summed E-state index contributed by atoms with van der Waals surface area (Å²) in [7, 11) is 0. The Morgan fingerprint density at radius 2 is 2.23 bits per heavy atom. The van der Waals surface area contributed by atoms with Gasteiger partial charge < -0.3 is 16.0 Å². The Bertz CT molecular complexity index is 755. The van der Waals surface area contributed by atoms with Crippen LogP contribution in [0.5, 0.6) is 0 Å². The molecule has 1 saturated heterocycles. The number of carbonyl (C=O) groups excluding carboxylic acids is 1. The highest BCUT2D eigenvalue weighted by Gasteiger charge is 2.30. The average molecular weight is 360 g/mol. The molecule has 1 aliphatic heterocycles. The van der Waals surface area contributed by atoms with Gasteiger partial charge in [-0.15, -0.1) is 0 Å². The number of nitro groups is 1. The van der Waals surface area contributed by atoms with Crippen LogP contribution in [0.3, 0.4) is 0 Å². The fourth-order valence-electron chi connectivity index (χ4n) is 2.52. The Balaban J connectivity index is 2.10. The summed E-state index contributed by atoms with van der Waals surface area (Å²) in [5.74, 6) is -0.173. The average Bonchev–Trinajstić information content (AvgIpc) is 2.54. The lowest BCUT2D eigenvalue weighted by molar-refractivity contribution is -0.383. The second-order valence-corrected chi connectivity index (χ2v) is 5.94. The van der Waals surface area contributed by atoms with Crippen molar-refractivity contribution in [2.45, 2.75) is 6.42 Å². The van der Waals surface area contributed by atoms with Gasteiger partial charge in [0.1, 0.15) is 11.5 Å². The van der Waals surface area contributed by atoms with Gasteiger partial charge in [0, 0.05) is 25.1 Å². The minimum Gasteiger partial charge on any atom is -0.330 e. The van der Waals surface area contributed by atoms with E-state index in [1.807, 2.05) is 0 Å². The Morgan fingerprint density at radius 1 is 1.50 bits per heavy atom. The molecule has 0 radical (unpaired) electrons. The number of amides is 2. The van der Waals surface area contributed by atoms with Crippen molar-refractivity contribution < 1.29 is 14.1 Å². The molecule has 0 aliphatic carbocycles. The summed E-state index contributed by atoms with van der Waals surface area (Å²) >= 11 is 0. The number of rotatable bonds is 7. The number of nitrogens with two attached hydrogens (primary N) is 1. The molecular formula is C18H21FN4O3. The maximum Gasteiger partial charge on any atom is 0.322 e. The molecule has 0 bridgehead atoms. The molecule has 8 heteroatoms. The van der Waals surface area contributed by atoms with Gasteiger partial charge in [-0.3, -0.25) is 10.1 Å². The molecule has 1 aromatic carbocycles. The molecule has 0 atom stereocenters. The summed E-state index contributed by atoms with van der Waals surface area (Å²) in [6, 6.07) is 4.02. The minimum atomic E-state index is -0.555. The summed E-state index contributed by atoms with van der Waals surface area (Å²) in [5.41, 5.74) is 6.15. The number of allylic oxidation sites excluding steroid dienone is 5. The van der Waals surface area contributed by atoms with Crippen molar-refractivity contribution >= 4 is 17.4 Å². The maximum atomic E-state index is 13.3. The van der Waals surface area contributed by atoms with Crippen molar-refractivity contribution in [1.29, 1.82) is 0 Å². The number of nitro benzene ring substituents is 1. The quantitative estimate of drug-likeness (QED) is 0.443. The standard InChI is InChI=1S/C18H21FN4O3/c1-2-4-15(19)6-3-5-13-7-8-17(23(25)26)16(9-13)21-18(24)22-11-14(10-20)12-22/h2-4,6-9,14H,1,5,10-12,20H2,(H,21,24)/b6-3-,15-4+. The molecule has 3 N–H and O–H groups in total. The topological polar surface area (TPSA) is 102 Å². The number of hydrogen-bond acceptors (Lipinski definition) is 4. The first-order valence-corrected chi connectivity index (χ1v) is 8.12. The van der Waals surface area contributed by atoms with Crippen molar-refractivity contribution in [2.24, 2.45) is 11.7 Å². The van der Waals surface area contributed by atoms with Crippen molar-refractivity contribution in [3.05, 3.63) is 70.6 Å². The molecule has 1 heterocycles. The molecule has 2 amide bonds. The van der Waals surface area contributed by atoms with Gasteiger partial charge in [0.15, 0.2) is 0 Å². The van der Waals surface area contributed by atoms with Crippen molar-refractivity contribution in [1.82, 2.24) is 4.90 Å². The van der Waals surface area contributed by atoms with E-state index in [0.29, 0.717) is 31.6 Å². The van der Waals surface area contributed by atoms with Gasteiger partial charge in [0.25, 0.3) is 5.69 Å². The number of nitrogens with one attached hydrogen (secondary N) is 1. The van der Waals surface area contributed by atoms with Crippen LogP contribution in [0.2, 0.25) is 0 Å². The van der Waals surface area contributed by atoms with Crippen LogP contribution >= 0.6 is 0 Å². The van der Waals surface area contributed by atoms with Gasteiger partial charge in [-0.2, -0.15) is 0 Å². The first-order valence-electron chi connectivity index (χ1n) is 8.12. The number of hydrogen-bond donors (Lipinski definition) is 2. The highest BCUT2D eigenvalue weighted by atomic mass is 19.1. The third kappa shape index (κ3) is 5.00. The number of nitrogens with zero attached hydrogens (tertiary/aromatic N) is 2. The van der Waals surface area contributed by atoms with E-state index in [1.54, 1.807) is 17.0 Å². The second kappa shape index (κ2) is 8.91. The number of likely N-dealkylation sites (tertiary alicyclic amines) is 1. The smallest absolute Gasteiger partial charge is 0.322 e. The number of carbonyl (C=O) groups is 1. The van der Waals surface area contributed by atoms with Crippen molar-refractivity contribution in [2.75, 3.05) is 25.0 Å². The van der Waals surface area contributed by atoms with E-state index in [-0.39, 0.29) is 17.3 Å². The number of halogens is 1. The van der Waals surface area contributed by atoms with Gasteiger partial charge in [-0.05, 0) is 36.7 Å². The first-order chi connectivity index (χ1) is 12.4. The van der Waals surface area contributed by atoms with E-state index < -0.39 is 16.8 Å². The number of urea groups is 1. The summed E-state index contributed by atoms with van der Waals surface area (Å²) in [5, 5.41) is 13.8. The summed E-state index contributed by atoms with van der Waals surface area (Å²) in [6.45, 7) is 4.98. The van der Waals surface area contributed by atoms with Crippen molar-refractivity contribution in [3.8, 4) is 0 Å². The largest absolute Gasteiger partial charge is 0.330 e. The normalized spacial score (nSPS) is 15.0. The van der Waals surface area contributed by atoms with E-state index in [9.17, 15) is 19.3 Å². The molecular weight excluding hydrogens is 339 g/mol. The van der Waals surface area contributed by atoms with Gasteiger partial charge in [0.05, 0.1) is 4.92 Å². The number of benzene rings is 1.